The molecule has 3 rings (SSSR count). The van der Waals surface area contributed by atoms with Crippen LogP contribution in [0.25, 0.3) is 0 Å². The molecule has 2 aliphatic heterocycles. The molecule has 1 amide bonds. The van der Waals surface area contributed by atoms with E-state index in [0.717, 1.165) is 31.5 Å². The number of hydrogen-bond donors (Lipinski definition) is 1. The van der Waals surface area contributed by atoms with E-state index in [4.69, 9.17) is 4.74 Å². The zero-order chi connectivity index (χ0) is 15.7. The summed E-state index contributed by atoms with van der Waals surface area (Å²) < 4.78 is 5.47. The van der Waals surface area contributed by atoms with E-state index in [1.165, 1.54) is 19.3 Å². The lowest BCUT2D eigenvalue weighted by Crippen LogP contribution is -2.57. The Balaban J connectivity index is 0.00000192. The minimum absolute atomic E-state index is 0. The van der Waals surface area contributed by atoms with E-state index in [9.17, 15) is 4.79 Å². The van der Waals surface area contributed by atoms with E-state index in [2.05, 4.69) is 15.2 Å². The van der Waals surface area contributed by atoms with Gasteiger partial charge in [0.2, 0.25) is 0 Å². The summed E-state index contributed by atoms with van der Waals surface area (Å²) in [6.45, 7) is 9.73. The first-order valence-corrected chi connectivity index (χ1v) is 8.45. The second-order valence-electron chi connectivity index (χ2n) is 7.60. The second kappa shape index (κ2) is 7.44. The number of ether oxygens (including phenoxy) is 1. The summed E-state index contributed by atoms with van der Waals surface area (Å²) in [6, 6.07) is 0.296. The Hall–Kier alpha value is -0.730. The molecule has 1 saturated carbocycles. The van der Waals surface area contributed by atoms with E-state index in [-0.39, 0.29) is 30.1 Å². The Kier molecular flexibility index (Phi) is 6.02. The lowest BCUT2D eigenvalue weighted by Gasteiger charge is -2.39. The molecule has 0 radical (unpaired) electrons. The molecule has 1 saturated heterocycles. The number of carbonyl (C=O) groups excluding carboxylic acids is 1. The summed E-state index contributed by atoms with van der Waals surface area (Å²) in [7, 11) is 0. The Morgan fingerprint density at radius 2 is 2.09 bits per heavy atom. The fraction of sp³-hybridized carbons (Fsp3) is 0.875. The lowest BCUT2D eigenvalue weighted by atomic mass is 10.2. The molecular formula is C16H29IN4O2. The van der Waals surface area contributed by atoms with E-state index in [1.54, 1.807) is 0 Å². The van der Waals surface area contributed by atoms with Gasteiger partial charge in [0.25, 0.3) is 0 Å². The van der Waals surface area contributed by atoms with Gasteiger partial charge in [-0.3, -0.25) is 4.99 Å². The van der Waals surface area contributed by atoms with E-state index >= 15 is 0 Å². The highest BCUT2D eigenvalue weighted by Crippen LogP contribution is 2.31. The number of guanidine groups is 1. The molecule has 0 aromatic carbocycles. The molecule has 1 atom stereocenters. The zero-order valence-electron chi connectivity index (χ0n) is 14.4. The smallest absolute Gasteiger partial charge is 0.410 e. The van der Waals surface area contributed by atoms with Gasteiger partial charge in [-0.25, -0.2) is 4.79 Å². The van der Waals surface area contributed by atoms with Crippen LogP contribution in [0.4, 0.5) is 4.79 Å². The largest absolute Gasteiger partial charge is 0.444 e. The van der Waals surface area contributed by atoms with Crippen LogP contribution in [0.1, 0.15) is 40.0 Å². The van der Waals surface area contributed by atoms with Crippen molar-refractivity contribution in [2.45, 2.75) is 51.7 Å². The van der Waals surface area contributed by atoms with Crippen LogP contribution in [0.3, 0.4) is 0 Å². The third-order valence-corrected chi connectivity index (χ3v) is 4.39. The zero-order valence-corrected chi connectivity index (χ0v) is 16.7. The quantitative estimate of drug-likeness (QED) is 0.690. The molecule has 132 valence electrons. The van der Waals surface area contributed by atoms with E-state index < -0.39 is 5.60 Å². The van der Waals surface area contributed by atoms with Crippen molar-refractivity contribution in [3.8, 4) is 0 Å². The first-order valence-electron chi connectivity index (χ1n) is 8.45. The number of amides is 1. The second-order valence-corrected chi connectivity index (χ2v) is 7.60. The number of hydrogen-bond acceptors (Lipinski definition) is 5. The third-order valence-electron chi connectivity index (χ3n) is 4.39. The first-order chi connectivity index (χ1) is 10.4. The molecule has 1 aliphatic carbocycles. The molecule has 0 bridgehead atoms. The van der Waals surface area contributed by atoms with Crippen LogP contribution in [0.5, 0.6) is 0 Å². The first kappa shape index (κ1) is 18.6. The number of rotatable bonds is 3. The van der Waals surface area contributed by atoms with Crippen LogP contribution in [0.15, 0.2) is 4.99 Å². The number of nitrogens with one attached hydrogen (secondary N) is 1. The molecule has 0 aromatic heterocycles. The van der Waals surface area contributed by atoms with E-state index in [1.807, 2.05) is 25.7 Å². The fourth-order valence-corrected chi connectivity index (χ4v) is 3.02. The van der Waals surface area contributed by atoms with Gasteiger partial charge in [-0.2, -0.15) is 0 Å². The summed E-state index contributed by atoms with van der Waals surface area (Å²) in [5.74, 6) is 1.96. The average Bonchev–Trinajstić information content (AvgIpc) is 3.17. The molecule has 3 aliphatic rings. The molecule has 2 fully saturated rings. The summed E-state index contributed by atoms with van der Waals surface area (Å²) in [5, 5.41) is 3.48. The number of nitrogens with zero attached hydrogens (tertiary/aromatic N) is 3. The van der Waals surface area contributed by atoms with Gasteiger partial charge >= 0.3 is 6.09 Å². The van der Waals surface area contributed by atoms with Gasteiger partial charge in [0.05, 0.1) is 12.6 Å². The molecule has 0 aromatic rings. The Morgan fingerprint density at radius 1 is 1.35 bits per heavy atom. The number of halogens is 1. The van der Waals surface area contributed by atoms with Gasteiger partial charge in [-0.05, 0) is 33.1 Å². The van der Waals surface area contributed by atoms with Gasteiger partial charge in [-0.1, -0.05) is 12.8 Å². The van der Waals surface area contributed by atoms with Gasteiger partial charge < -0.3 is 19.9 Å². The predicted molar refractivity (Wildman–Crippen MR) is 101 cm³/mol. The minimum Gasteiger partial charge on any atom is -0.444 e. The summed E-state index contributed by atoms with van der Waals surface area (Å²) >= 11 is 0. The summed E-state index contributed by atoms with van der Waals surface area (Å²) in [5.41, 5.74) is -0.435. The van der Waals surface area contributed by atoms with Crippen LogP contribution < -0.4 is 5.32 Å². The average molecular weight is 436 g/mol. The molecule has 23 heavy (non-hydrogen) atoms. The fourth-order valence-electron chi connectivity index (χ4n) is 3.02. The maximum atomic E-state index is 12.2. The van der Waals surface area contributed by atoms with Crippen molar-refractivity contribution in [1.82, 2.24) is 15.1 Å². The molecular weight excluding hydrogens is 407 g/mol. The molecule has 6 nitrogen and oxygen atoms in total. The monoisotopic (exact) mass is 436 g/mol. The highest BCUT2D eigenvalue weighted by Gasteiger charge is 2.36. The minimum atomic E-state index is -0.435. The Bertz CT molecular complexity index is 459. The van der Waals surface area contributed by atoms with Crippen molar-refractivity contribution in [2.24, 2.45) is 10.9 Å². The van der Waals surface area contributed by atoms with Crippen LogP contribution in [0.2, 0.25) is 0 Å². The topological polar surface area (TPSA) is 57.2 Å². The van der Waals surface area contributed by atoms with Crippen LogP contribution in [0, 0.1) is 5.92 Å². The van der Waals surface area contributed by atoms with Crippen molar-refractivity contribution in [1.29, 1.82) is 0 Å². The van der Waals surface area contributed by atoms with Gasteiger partial charge in [0.15, 0.2) is 5.96 Å². The number of piperazine rings is 1. The number of aliphatic imine (C=N–C) groups is 1. The Labute approximate surface area is 156 Å². The highest BCUT2D eigenvalue weighted by molar-refractivity contribution is 14.0. The van der Waals surface area contributed by atoms with Crippen molar-refractivity contribution >= 4 is 36.0 Å². The van der Waals surface area contributed by atoms with E-state index in [0.29, 0.717) is 19.1 Å². The van der Waals surface area contributed by atoms with Crippen molar-refractivity contribution in [2.75, 3.05) is 32.7 Å². The number of carbonyl (C=O) groups is 1. The van der Waals surface area contributed by atoms with Gasteiger partial charge in [0, 0.05) is 26.2 Å². The van der Waals surface area contributed by atoms with Crippen LogP contribution >= 0.6 is 24.0 Å². The number of fused-ring (bicyclic) bond motifs is 1. The SMILES string of the molecule is CC(C)(C)OC(=O)N1CCN2C(NCCC3CC3)=NCC2C1.I. The molecule has 1 N–H and O–H groups in total. The molecule has 7 heteroatoms. The van der Waals surface area contributed by atoms with Gasteiger partial charge in [0.1, 0.15) is 5.60 Å². The predicted octanol–water partition coefficient (Wildman–Crippen LogP) is 2.29. The van der Waals surface area contributed by atoms with Gasteiger partial charge in [-0.15, -0.1) is 24.0 Å². The third kappa shape index (κ3) is 5.12. The van der Waals surface area contributed by atoms with Crippen LogP contribution in [-0.4, -0.2) is 66.2 Å². The Morgan fingerprint density at radius 3 is 2.74 bits per heavy atom. The maximum absolute atomic E-state index is 12.2. The molecule has 1 unspecified atom stereocenters. The van der Waals surface area contributed by atoms with Crippen molar-refractivity contribution in [3.05, 3.63) is 0 Å². The summed E-state index contributed by atoms with van der Waals surface area (Å²) in [6.07, 6.45) is 3.83. The lowest BCUT2D eigenvalue weighted by molar-refractivity contribution is 0.0137. The standard InChI is InChI=1S/C16H28N4O2.HI/c1-16(2,3)22-15(21)19-8-9-20-13(11-19)10-18-14(20)17-7-6-12-4-5-12;/h12-13H,4-11H2,1-3H3,(H,17,18);1H. The van der Waals surface area contributed by atoms with Crippen LogP contribution in [-0.2, 0) is 4.74 Å². The molecule has 0 spiro atoms. The summed E-state index contributed by atoms with van der Waals surface area (Å²) in [4.78, 5) is 20.9. The highest BCUT2D eigenvalue weighted by atomic mass is 127. The maximum Gasteiger partial charge on any atom is 0.410 e. The van der Waals surface area contributed by atoms with Crippen molar-refractivity contribution < 1.29 is 9.53 Å². The molecule has 2 heterocycles. The van der Waals surface area contributed by atoms with Crippen molar-refractivity contribution in [3.63, 3.8) is 0 Å². The normalized spacial score (nSPS) is 23.8.